The summed E-state index contributed by atoms with van der Waals surface area (Å²) >= 11 is 5.26. The van der Waals surface area contributed by atoms with Gasteiger partial charge in [0, 0.05) is 0 Å². The number of hydrazine groups is 1. The Morgan fingerprint density at radius 2 is 2.18 bits per heavy atom. The van der Waals surface area contributed by atoms with Crippen LogP contribution in [0.15, 0.2) is 0 Å². The number of ether oxygens (including phenoxy) is 1. The molecule has 64 valence electrons. The first kappa shape index (κ1) is 10.2. The molecule has 0 heterocycles. The molecule has 0 bridgehead atoms. The molecule has 0 aromatic carbocycles. The minimum atomic E-state index is -1.14. The maximum absolute atomic E-state index is 10.7. The summed E-state index contributed by atoms with van der Waals surface area (Å²) in [5, 5.41) is 1.81. The third-order valence-corrected chi connectivity index (χ3v) is 1.11. The summed E-state index contributed by atoms with van der Waals surface area (Å²) in [5.74, 6) is 4.03. The van der Waals surface area contributed by atoms with E-state index < -0.39 is 17.5 Å². The Labute approximate surface area is 68.0 Å². The molecule has 2 amide bonds. The van der Waals surface area contributed by atoms with Crippen molar-refractivity contribution in [2.75, 3.05) is 7.11 Å². The molecule has 0 aliphatic carbocycles. The number of alkyl halides is 1. The van der Waals surface area contributed by atoms with Gasteiger partial charge in [-0.05, 0) is 0 Å². The highest BCUT2D eigenvalue weighted by atomic mass is 35.5. The van der Waals surface area contributed by atoms with Crippen LogP contribution < -0.4 is 16.6 Å². The summed E-state index contributed by atoms with van der Waals surface area (Å²) in [6.45, 7) is 0. The molecule has 7 heteroatoms. The van der Waals surface area contributed by atoms with Gasteiger partial charge in [-0.2, -0.15) is 0 Å². The quantitative estimate of drug-likeness (QED) is 0.218. The van der Waals surface area contributed by atoms with Crippen LogP contribution in [0.4, 0.5) is 4.79 Å². The van der Waals surface area contributed by atoms with Crippen LogP contribution in [-0.4, -0.2) is 24.6 Å². The number of hydrogen-bond acceptors (Lipinski definition) is 5. The molecule has 0 aromatic heterocycles. The van der Waals surface area contributed by atoms with E-state index in [0.717, 1.165) is 7.11 Å². The molecule has 0 aliphatic rings. The lowest BCUT2D eigenvalue weighted by atomic mass is 10.6. The number of hydrogen-bond donors (Lipinski definition) is 3. The van der Waals surface area contributed by atoms with Gasteiger partial charge in [0.1, 0.15) is 0 Å². The molecule has 0 radical (unpaired) electrons. The number of carbonyl (C=O) groups is 2. The summed E-state index contributed by atoms with van der Waals surface area (Å²) < 4.78 is 4.12. The van der Waals surface area contributed by atoms with Crippen LogP contribution in [0.2, 0.25) is 0 Å². The van der Waals surface area contributed by atoms with Gasteiger partial charge in [0.25, 0.3) is 5.91 Å². The molecule has 4 N–H and O–H groups in total. The zero-order valence-corrected chi connectivity index (χ0v) is 6.51. The van der Waals surface area contributed by atoms with E-state index in [1.807, 2.05) is 5.43 Å². The van der Waals surface area contributed by atoms with Crippen LogP contribution in [-0.2, 0) is 9.53 Å². The van der Waals surface area contributed by atoms with E-state index in [1.54, 1.807) is 5.32 Å². The Kier molecular flexibility index (Phi) is 4.51. The van der Waals surface area contributed by atoms with Crippen molar-refractivity contribution in [2.45, 2.75) is 5.50 Å². The molecular formula is C4H8ClN3O3. The monoisotopic (exact) mass is 181 g/mol. The molecule has 0 rings (SSSR count). The van der Waals surface area contributed by atoms with Crippen molar-refractivity contribution < 1.29 is 14.3 Å². The summed E-state index contributed by atoms with van der Waals surface area (Å²) in [6, 6.07) is 0. The Bertz CT molecular complexity index is 163. The first-order chi connectivity index (χ1) is 5.11. The van der Waals surface area contributed by atoms with Crippen LogP contribution in [0, 0.1) is 0 Å². The number of nitrogens with one attached hydrogen (secondary N) is 2. The van der Waals surface area contributed by atoms with Gasteiger partial charge in [0.15, 0.2) is 5.50 Å². The van der Waals surface area contributed by atoms with Crippen LogP contribution >= 0.6 is 11.6 Å². The van der Waals surface area contributed by atoms with Gasteiger partial charge in [-0.1, -0.05) is 11.6 Å². The molecule has 0 aromatic rings. The third-order valence-electron chi connectivity index (χ3n) is 0.787. The van der Waals surface area contributed by atoms with Gasteiger partial charge >= 0.3 is 6.09 Å². The highest BCUT2D eigenvalue weighted by Crippen LogP contribution is 1.87. The van der Waals surface area contributed by atoms with Gasteiger partial charge in [-0.15, -0.1) is 0 Å². The van der Waals surface area contributed by atoms with Crippen molar-refractivity contribution in [3.8, 4) is 0 Å². The number of nitrogens with two attached hydrogens (primary N) is 1. The maximum atomic E-state index is 10.7. The first-order valence-electron chi connectivity index (χ1n) is 2.60. The lowest BCUT2D eigenvalue weighted by Crippen LogP contribution is -2.45. The van der Waals surface area contributed by atoms with Crippen molar-refractivity contribution in [3.05, 3.63) is 0 Å². The summed E-state index contributed by atoms with van der Waals surface area (Å²) in [4.78, 5) is 21.0. The number of alkyl carbamates (subject to hydrolysis) is 1. The lowest BCUT2D eigenvalue weighted by molar-refractivity contribution is -0.120. The Balaban J connectivity index is 3.77. The van der Waals surface area contributed by atoms with E-state index in [1.165, 1.54) is 0 Å². The lowest BCUT2D eigenvalue weighted by Gasteiger charge is -2.06. The number of imide groups is 1. The minimum absolute atomic E-state index is 0.763. The summed E-state index contributed by atoms with van der Waals surface area (Å²) in [6.07, 6.45) is -0.879. The summed E-state index contributed by atoms with van der Waals surface area (Å²) in [7, 11) is 1.13. The highest BCUT2D eigenvalue weighted by Gasteiger charge is 2.15. The van der Waals surface area contributed by atoms with Gasteiger partial charge in [0.05, 0.1) is 7.11 Å². The van der Waals surface area contributed by atoms with Gasteiger partial charge in [0.2, 0.25) is 0 Å². The average Bonchev–Trinajstić information content (AvgIpc) is 2.02. The Hall–Kier alpha value is -0.850. The second kappa shape index (κ2) is 4.89. The molecule has 0 fully saturated rings. The van der Waals surface area contributed by atoms with Crippen molar-refractivity contribution in [3.63, 3.8) is 0 Å². The third kappa shape index (κ3) is 3.76. The zero-order valence-electron chi connectivity index (χ0n) is 5.76. The molecule has 0 saturated heterocycles. The van der Waals surface area contributed by atoms with E-state index >= 15 is 0 Å². The normalized spacial score (nSPS) is 11.9. The van der Waals surface area contributed by atoms with Gasteiger partial charge in [-0.25, -0.2) is 10.2 Å². The number of methoxy groups -OCH3 is 1. The van der Waals surface area contributed by atoms with E-state index in [-0.39, 0.29) is 0 Å². The first-order valence-corrected chi connectivity index (χ1v) is 3.04. The topological polar surface area (TPSA) is 93.4 Å². The van der Waals surface area contributed by atoms with Crippen molar-refractivity contribution in [2.24, 2.45) is 5.84 Å². The number of rotatable bonds is 2. The largest absolute Gasteiger partial charge is 0.453 e. The standard InChI is InChI=1S/C4H8ClN3O3/c1-11-4(10)7-3(9)2(5)8-6/h2,8H,6H2,1H3,(H,7,9,10). The predicted octanol–water partition coefficient (Wildman–Crippen LogP) is -1.10. The molecule has 0 aliphatic heterocycles. The molecule has 11 heavy (non-hydrogen) atoms. The molecular weight excluding hydrogens is 174 g/mol. The number of amides is 2. The van der Waals surface area contributed by atoms with Crippen molar-refractivity contribution >= 4 is 23.6 Å². The van der Waals surface area contributed by atoms with E-state index in [0.29, 0.717) is 0 Å². The fourth-order valence-corrected chi connectivity index (χ4v) is 0.345. The van der Waals surface area contributed by atoms with E-state index in [4.69, 9.17) is 17.4 Å². The van der Waals surface area contributed by atoms with Crippen molar-refractivity contribution in [1.29, 1.82) is 0 Å². The smallest absolute Gasteiger partial charge is 0.413 e. The van der Waals surface area contributed by atoms with Crippen molar-refractivity contribution in [1.82, 2.24) is 10.7 Å². The molecule has 1 unspecified atom stereocenters. The van der Waals surface area contributed by atoms with E-state index in [9.17, 15) is 9.59 Å². The average molecular weight is 182 g/mol. The minimum Gasteiger partial charge on any atom is -0.453 e. The van der Waals surface area contributed by atoms with Crippen LogP contribution in [0.25, 0.3) is 0 Å². The van der Waals surface area contributed by atoms with E-state index in [2.05, 4.69) is 4.74 Å². The highest BCUT2D eigenvalue weighted by molar-refractivity contribution is 6.31. The zero-order chi connectivity index (χ0) is 8.85. The Morgan fingerprint density at radius 3 is 2.55 bits per heavy atom. The predicted molar refractivity (Wildman–Crippen MR) is 37.5 cm³/mol. The second-order valence-electron chi connectivity index (χ2n) is 1.51. The van der Waals surface area contributed by atoms with Crippen LogP contribution in [0.5, 0.6) is 0 Å². The van der Waals surface area contributed by atoms with Gasteiger partial charge < -0.3 is 4.74 Å². The molecule has 0 spiro atoms. The molecule has 6 nitrogen and oxygen atoms in total. The second-order valence-corrected chi connectivity index (χ2v) is 1.95. The summed E-state index contributed by atoms with van der Waals surface area (Å²) in [5.41, 5.74) is 0.795. The number of carbonyl (C=O) groups excluding carboxylic acids is 2. The van der Waals surface area contributed by atoms with Crippen LogP contribution in [0.1, 0.15) is 0 Å². The Morgan fingerprint density at radius 1 is 1.64 bits per heavy atom. The SMILES string of the molecule is COC(=O)NC(=O)C(Cl)NN. The molecule has 0 saturated carbocycles. The fraction of sp³-hybridized carbons (Fsp3) is 0.500. The fourth-order valence-electron chi connectivity index (χ4n) is 0.291. The molecule has 1 atom stereocenters. The van der Waals surface area contributed by atoms with Crippen LogP contribution in [0.3, 0.4) is 0 Å². The maximum Gasteiger partial charge on any atom is 0.413 e. The number of halogens is 1. The van der Waals surface area contributed by atoms with Gasteiger partial charge in [-0.3, -0.25) is 16.0 Å².